The first kappa shape index (κ1) is 21.1. The van der Waals surface area contributed by atoms with Gasteiger partial charge in [0.25, 0.3) is 0 Å². The molecule has 0 radical (unpaired) electrons. The van der Waals surface area contributed by atoms with E-state index < -0.39 is 0 Å². The van der Waals surface area contributed by atoms with Crippen LogP contribution in [0.3, 0.4) is 0 Å². The van der Waals surface area contributed by atoms with E-state index in [-0.39, 0.29) is 11.8 Å². The molecule has 7 nitrogen and oxygen atoms in total. The lowest BCUT2D eigenvalue weighted by molar-refractivity contribution is -0.117. The summed E-state index contributed by atoms with van der Waals surface area (Å²) in [7, 11) is 0. The fraction of sp³-hybridized carbons (Fsp3) is 0.333. The van der Waals surface area contributed by atoms with Gasteiger partial charge >= 0.3 is 0 Å². The Bertz CT molecular complexity index is 1040. The summed E-state index contributed by atoms with van der Waals surface area (Å²) in [6.07, 6.45) is 2.58. The molecule has 2 N–H and O–H groups in total. The molecule has 1 saturated heterocycles. The number of benzene rings is 2. The molecular weight excluding hydrogens is 394 g/mol. The minimum atomic E-state index is -0.126. The van der Waals surface area contributed by atoms with Crippen molar-refractivity contribution < 1.29 is 18.7 Å². The number of anilines is 2. The van der Waals surface area contributed by atoms with Gasteiger partial charge in [0.15, 0.2) is 0 Å². The molecule has 1 atom stereocenters. The van der Waals surface area contributed by atoms with Crippen LogP contribution >= 0.6 is 0 Å². The number of hydrogen-bond donors (Lipinski definition) is 2. The van der Waals surface area contributed by atoms with Crippen molar-refractivity contribution in [3.05, 3.63) is 60.4 Å². The Morgan fingerprint density at radius 3 is 2.61 bits per heavy atom. The van der Waals surface area contributed by atoms with Crippen molar-refractivity contribution in [1.29, 1.82) is 0 Å². The van der Waals surface area contributed by atoms with Crippen LogP contribution in [0.2, 0.25) is 0 Å². The SMILES string of the molecule is CC(=O)Nc1ccc(NC(=O)CN2CCOC[C@@H](Cc3ccc4ccoc4c3)C2)cc1. The molecule has 1 aliphatic rings. The van der Waals surface area contributed by atoms with Gasteiger partial charge in [0, 0.05) is 36.8 Å². The summed E-state index contributed by atoms with van der Waals surface area (Å²) in [4.78, 5) is 25.8. The van der Waals surface area contributed by atoms with Crippen LogP contribution in [0.25, 0.3) is 11.0 Å². The molecule has 2 heterocycles. The van der Waals surface area contributed by atoms with Crippen molar-refractivity contribution in [3.8, 4) is 0 Å². The van der Waals surface area contributed by atoms with Gasteiger partial charge in [-0.1, -0.05) is 12.1 Å². The molecule has 1 aromatic heterocycles. The highest BCUT2D eigenvalue weighted by Crippen LogP contribution is 2.21. The van der Waals surface area contributed by atoms with E-state index in [2.05, 4.69) is 33.7 Å². The number of carbonyl (C=O) groups is 2. The Labute approximate surface area is 181 Å². The normalized spacial score (nSPS) is 17.3. The summed E-state index contributed by atoms with van der Waals surface area (Å²) >= 11 is 0. The molecule has 2 aromatic carbocycles. The second-order valence-corrected chi connectivity index (χ2v) is 7.98. The predicted octanol–water partition coefficient (Wildman–Crippen LogP) is 3.52. The molecule has 7 heteroatoms. The number of rotatable bonds is 6. The van der Waals surface area contributed by atoms with Crippen LogP contribution in [0.1, 0.15) is 12.5 Å². The first-order valence-corrected chi connectivity index (χ1v) is 10.5. The highest BCUT2D eigenvalue weighted by Gasteiger charge is 2.21. The minimum Gasteiger partial charge on any atom is -0.464 e. The van der Waals surface area contributed by atoms with Gasteiger partial charge in [-0.2, -0.15) is 0 Å². The van der Waals surface area contributed by atoms with Gasteiger partial charge in [-0.25, -0.2) is 0 Å². The molecule has 1 aliphatic heterocycles. The Balaban J connectivity index is 1.31. The quantitative estimate of drug-likeness (QED) is 0.636. The molecule has 0 aliphatic carbocycles. The van der Waals surface area contributed by atoms with Crippen molar-refractivity contribution >= 4 is 34.2 Å². The van der Waals surface area contributed by atoms with E-state index in [0.717, 1.165) is 30.5 Å². The maximum Gasteiger partial charge on any atom is 0.238 e. The van der Waals surface area contributed by atoms with E-state index in [4.69, 9.17) is 9.15 Å². The van der Waals surface area contributed by atoms with Crippen LogP contribution in [-0.2, 0) is 20.7 Å². The van der Waals surface area contributed by atoms with Crippen LogP contribution in [-0.4, -0.2) is 49.6 Å². The van der Waals surface area contributed by atoms with Crippen molar-refractivity contribution in [2.75, 3.05) is 43.5 Å². The molecule has 1 fully saturated rings. The Hall–Kier alpha value is -3.16. The monoisotopic (exact) mass is 421 g/mol. The van der Waals surface area contributed by atoms with E-state index in [1.807, 2.05) is 6.07 Å². The number of ether oxygens (including phenoxy) is 1. The summed E-state index contributed by atoms with van der Waals surface area (Å²) in [5.41, 5.74) is 3.51. The summed E-state index contributed by atoms with van der Waals surface area (Å²) in [6.45, 7) is 4.59. The number of furan rings is 1. The molecule has 31 heavy (non-hydrogen) atoms. The van der Waals surface area contributed by atoms with Crippen LogP contribution < -0.4 is 10.6 Å². The highest BCUT2D eigenvalue weighted by molar-refractivity contribution is 5.93. The summed E-state index contributed by atoms with van der Waals surface area (Å²) in [5, 5.41) is 6.74. The van der Waals surface area contributed by atoms with Crippen LogP contribution in [0.4, 0.5) is 11.4 Å². The van der Waals surface area contributed by atoms with Gasteiger partial charge in [0.2, 0.25) is 11.8 Å². The van der Waals surface area contributed by atoms with Gasteiger partial charge in [-0.05, 0) is 54.3 Å². The first-order chi connectivity index (χ1) is 15.0. The summed E-state index contributed by atoms with van der Waals surface area (Å²) < 4.78 is 11.3. The third-order valence-electron chi connectivity index (χ3n) is 5.32. The average molecular weight is 421 g/mol. The van der Waals surface area contributed by atoms with Crippen molar-refractivity contribution in [3.63, 3.8) is 0 Å². The fourth-order valence-electron chi connectivity index (χ4n) is 3.92. The first-order valence-electron chi connectivity index (χ1n) is 10.5. The standard InChI is InChI=1S/C24H27N3O4/c1-17(28)25-21-4-6-22(7-5-21)26-24(29)15-27-9-11-30-16-19(14-27)12-18-2-3-20-8-10-31-23(20)13-18/h2-8,10,13,19H,9,11-12,14-16H2,1H3,(H,25,28)(H,26,29)/t19-/m0/s1. The summed E-state index contributed by atoms with van der Waals surface area (Å²) in [5.74, 6) is 0.114. The smallest absolute Gasteiger partial charge is 0.238 e. The Morgan fingerprint density at radius 2 is 1.84 bits per heavy atom. The molecular formula is C24H27N3O4. The number of carbonyl (C=O) groups excluding carboxylic acids is 2. The largest absolute Gasteiger partial charge is 0.464 e. The van der Waals surface area contributed by atoms with Gasteiger partial charge in [0.05, 0.1) is 26.0 Å². The van der Waals surface area contributed by atoms with Crippen LogP contribution in [0.5, 0.6) is 0 Å². The Kier molecular flexibility index (Phi) is 6.64. The maximum absolute atomic E-state index is 12.6. The van der Waals surface area contributed by atoms with E-state index >= 15 is 0 Å². The zero-order chi connectivity index (χ0) is 21.6. The molecule has 0 saturated carbocycles. The zero-order valence-electron chi connectivity index (χ0n) is 17.6. The second-order valence-electron chi connectivity index (χ2n) is 7.98. The van der Waals surface area contributed by atoms with Crippen molar-refractivity contribution in [2.24, 2.45) is 5.92 Å². The third-order valence-corrected chi connectivity index (χ3v) is 5.32. The number of amides is 2. The van der Waals surface area contributed by atoms with E-state index in [1.54, 1.807) is 30.5 Å². The molecule has 3 aromatic rings. The number of fused-ring (bicyclic) bond motifs is 1. The van der Waals surface area contributed by atoms with E-state index in [0.29, 0.717) is 37.1 Å². The maximum atomic E-state index is 12.6. The Morgan fingerprint density at radius 1 is 1.06 bits per heavy atom. The lowest BCUT2D eigenvalue weighted by atomic mass is 9.99. The topological polar surface area (TPSA) is 83.8 Å². The molecule has 0 bridgehead atoms. The second kappa shape index (κ2) is 9.76. The van der Waals surface area contributed by atoms with Crippen molar-refractivity contribution in [1.82, 2.24) is 4.90 Å². The van der Waals surface area contributed by atoms with E-state index in [1.165, 1.54) is 12.5 Å². The average Bonchev–Trinajstić information content (AvgIpc) is 3.09. The van der Waals surface area contributed by atoms with Gasteiger partial charge < -0.3 is 19.8 Å². The minimum absolute atomic E-state index is 0.0649. The van der Waals surface area contributed by atoms with E-state index in [9.17, 15) is 9.59 Å². The third kappa shape index (κ3) is 5.93. The number of hydrogen-bond acceptors (Lipinski definition) is 5. The lowest BCUT2D eigenvalue weighted by Gasteiger charge is -2.23. The molecule has 0 spiro atoms. The highest BCUT2D eigenvalue weighted by atomic mass is 16.5. The molecule has 4 rings (SSSR count). The van der Waals surface area contributed by atoms with Gasteiger partial charge in [-0.3, -0.25) is 14.5 Å². The number of nitrogens with one attached hydrogen (secondary N) is 2. The molecule has 2 amide bonds. The predicted molar refractivity (Wildman–Crippen MR) is 120 cm³/mol. The molecule has 0 unspecified atom stereocenters. The van der Waals surface area contributed by atoms with Crippen LogP contribution in [0.15, 0.2) is 59.2 Å². The lowest BCUT2D eigenvalue weighted by Crippen LogP contribution is -2.37. The van der Waals surface area contributed by atoms with Gasteiger partial charge in [-0.15, -0.1) is 0 Å². The molecule has 162 valence electrons. The van der Waals surface area contributed by atoms with Gasteiger partial charge in [0.1, 0.15) is 5.58 Å². The fourth-order valence-corrected chi connectivity index (χ4v) is 3.92. The van der Waals surface area contributed by atoms with Crippen molar-refractivity contribution in [2.45, 2.75) is 13.3 Å². The summed E-state index contributed by atoms with van der Waals surface area (Å²) in [6, 6.07) is 15.3. The zero-order valence-corrected chi connectivity index (χ0v) is 17.6. The number of nitrogens with zero attached hydrogens (tertiary/aromatic N) is 1. The van der Waals surface area contributed by atoms with Crippen LogP contribution in [0, 0.1) is 5.92 Å².